The van der Waals surface area contributed by atoms with Gasteiger partial charge in [0.2, 0.25) is 16.0 Å². The fourth-order valence-corrected chi connectivity index (χ4v) is 6.94. The molecule has 0 unspecified atom stereocenters. The monoisotopic (exact) mass is 573 g/mol. The third-order valence-corrected chi connectivity index (χ3v) is 9.69. The van der Waals surface area contributed by atoms with E-state index in [0.717, 1.165) is 43.7 Å². The summed E-state index contributed by atoms with van der Waals surface area (Å²) in [5.41, 5.74) is 4.61. The first-order valence-corrected chi connectivity index (χ1v) is 15.2. The molecule has 2 aliphatic rings. The van der Waals surface area contributed by atoms with Crippen molar-refractivity contribution in [1.29, 1.82) is 0 Å². The van der Waals surface area contributed by atoms with Gasteiger partial charge in [0.15, 0.2) is 0 Å². The van der Waals surface area contributed by atoms with Crippen LogP contribution in [-0.4, -0.2) is 60.4 Å². The summed E-state index contributed by atoms with van der Waals surface area (Å²) in [6.45, 7) is 2.55. The lowest BCUT2D eigenvalue weighted by Gasteiger charge is -2.36. The summed E-state index contributed by atoms with van der Waals surface area (Å²) in [5, 5.41) is 3.12. The van der Waals surface area contributed by atoms with Crippen LogP contribution in [0.1, 0.15) is 24.0 Å². The maximum absolute atomic E-state index is 13.4. The number of halogens is 1. The van der Waals surface area contributed by atoms with Gasteiger partial charge in [0.05, 0.1) is 17.2 Å². The Morgan fingerprint density at radius 1 is 1.02 bits per heavy atom. The van der Waals surface area contributed by atoms with E-state index in [0.29, 0.717) is 36.5 Å². The number of aromatic nitrogens is 2. The van der Waals surface area contributed by atoms with Crippen molar-refractivity contribution >= 4 is 21.7 Å². The van der Waals surface area contributed by atoms with E-state index in [1.165, 1.54) is 23.3 Å². The largest absolute Gasteiger partial charge is 0.493 e. The number of anilines is 2. The molecular weight excluding hydrogens is 541 g/mol. The van der Waals surface area contributed by atoms with Crippen LogP contribution in [0.3, 0.4) is 0 Å². The lowest BCUT2D eigenvalue weighted by Crippen LogP contribution is -2.45. The highest BCUT2D eigenvalue weighted by atomic mass is 32.2. The van der Waals surface area contributed by atoms with E-state index >= 15 is 0 Å². The number of fused-ring (bicyclic) bond motifs is 1. The number of nitrogens with zero attached hydrogens (tertiary/aromatic N) is 4. The number of piperidine rings is 1. The first-order chi connectivity index (χ1) is 19.8. The van der Waals surface area contributed by atoms with Crippen molar-refractivity contribution in [2.75, 3.05) is 32.1 Å². The van der Waals surface area contributed by atoms with Crippen molar-refractivity contribution in [2.24, 2.45) is 0 Å². The molecule has 3 heterocycles. The molecule has 6 rings (SSSR count). The Morgan fingerprint density at radius 3 is 2.54 bits per heavy atom. The molecule has 1 saturated heterocycles. The highest BCUT2D eigenvalue weighted by molar-refractivity contribution is 7.89. The van der Waals surface area contributed by atoms with Crippen LogP contribution in [0.4, 0.5) is 16.0 Å². The van der Waals surface area contributed by atoms with Crippen molar-refractivity contribution in [3.8, 4) is 17.0 Å². The van der Waals surface area contributed by atoms with E-state index in [9.17, 15) is 12.8 Å². The van der Waals surface area contributed by atoms with Gasteiger partial charge in [0.25, 0.3) is 0 Å². The third kappa shape index (κ3) is 6.09. The number of hydrogen-bond donors (Lipinski definition) is 1. The predicted octanol–water partition coefficient (Wildman–Crippen LogP) is 5.25. The van der Waals surface area contributed by atoms with Gasteiger partial charge in [-0.05, 0) is 91.7 Å². The zero-order valence-electron chi connectivity index (χ0n) is 22.8. The van der Waals surface area contributed by atoms with E-state index < -0.39 is 10.0 Å². The lowest BCUT2D eigenvalue weighted by atomic mass is 10.0. The van der Waals surface area contributed by atoms with Crippen molar-refractivity contribution in [2.45, 2.75) is 36.7 Å². The second-order valence-corrected chi connectivity index (χ2v) is 12.5. The smallest absolute Gasteiger partial charge is 0.243 e. The van der Waals surface area contributed by atoms with Crippen LogP contribution in [0.25, 0.3) is 11.3 Å². The summed E-state index contributed by atoms with van der Waals surface area (Å²) in [7, 11) is -1.49. The molecule has 41 heavy (non-hydrogen) atoms. The third-order valence-electron chi connectivity index (χ3n) is 7.78. The maximum atomic E-state index is 13.4. The van der Waals surface area contributed by atoms with E-state index in [1.807, 2.05) is 0 Å². The van der Waals surface area contributed by atoms with Crippen LogP contribution in [0.2, 0.25) is 0 Å². The SMILES string of the molecule is CN(Cc1ccc2c(c1)CCO2)C1CCN(S(=O)(=O)c2ccc(Nc3nccc(-c4ccc(F)cc4)n3)cc2)CC1. The molecule has 3 aromatic carbocycles. The molecule has 0 aliphatic carbocycles. The number of hydrogen-bond acceptors (Lipinski definition) is 7. The quantitative estimate of drug-likeness (QED) is 0.308. The van der Waals surface area contributed by atoms with Crippen LogP contribution in [0.5, 0.6) is 5.75 Å². The van der Waals surface area contributed by atoms with Crippen LogP contribution in [0, 0.1) is 5.82 Å². The second kappa shape index (κ2) is 11.6. The minimum Gasteiger partial charge on any atom is -0.493 e. The van der Waals surface area contributed by atoms with Gasteiger partial charge < -0.3 is 10.1 Å². The van der Waals surface area contributed by atoms with Crippen LogP contribution < -0.4 is 10.1 Å². The average Bonchev–Trinajstić information content (AvgIpc) is 3.46. The van der Waals surface area contributed by atoms with E-state index in [2.05, 4.69) is 45.4 Å². The van der Waals surface area contributed by atoms with Gasteiger partial charge in [-0.15, -0.1) is 0 Å². The van der Waals surface area contributed by atoms with E-state index in [4.69, 9.17) is 4.74 Å². The number of ether oxygens (including phenoxy) is 1. The Labute approximate surface area is 239 Å². The number of rotatable bonds is 8. The van der Waals surface area contributed by atoms with E-state index in [-0.39, 0.29) is 10.7 Å². The Bertz CT molecular complexity index is 1620. The van der Waals surface area contributed by atoms with Gasteiger partial charge >= 0.3 is 0 Å². The van der Waals surface area contributed by atoms with Crippen molar-refractivity contribution < 1.29 is 17.5 Å². The van der Waals surface area contributed by atoms with Gasteiger partial charge in [-0.25, -0.2) is 22.8 Å². The molecule has 0 saturated carbocycles. The summed E-state index contributed by atoms with van der Waals surface area (Å²) < 4.78 is 47.2. The fraction of sp³-hybridized carbons (Fsp3) is 0.290. The minimum absolute atomic E-state index is 0.260. The van der Waals surface area contributed by atoms with Gasteiger partial charge in [-0.2, -0.15) is 4.31 Å². The highest BCUT2D eigenvalue weighted by Crippen LogP contribution is 2.28. The molecule has 0 atom stereocenters. The van der Waals surface area contributed by atoms with Gasteiger partial charge in [-0.1, -0.05) is 12.1 Å². The van der Waals surface area contributed by atoms with Gasteiger partial charge in [0, 0.05) is 49.5 Å². The molecule has 212 valence electrons. The lowest BCUT2D eigenvalue weighted by molar-refractivity contribution is 0.162. The van der Waals surface area contributed by atoms with Crippen LogP contribution in [-0.2, 0) is 23.0 Å². The second-order valence-electron chi connectivity index (χ2n) is 10.5. The molecule has 2 aliphatic heterocycles. The predicted molar refractivity (Wildman–Crippen MR) is 156 cm³/mol. The highest BCUT2D eigenvalue weighted by Gasteiger charge is 2.31. The molecule has 0 radical (unpaired) electrons. The molecule has 1 N–H and O–H groups in total. The Morgan fingerprint density at radius 2 is 1.78 bits per heavy atom. The molecule has 10 heteroatoms. The maximum Gasteiger partial charge on any atom is 0.243 e. The topological polar surface area (TPSA) is 87.7 Å². The fourth-order valence-electron chi connectivity index (χ4n) is 5.47. The van der Waals surface area contributed by atoms with Crippen molar-refractivity contribution in [1.82, 2.24) is 19.2 Å². The first-order valence-electron chi connectivity index (χ1n) is 13.8. The molecule has 4 aromatic rings. The van der Waals surface area contributed by atoms with Gasteiger partial charge in [-0.3, -0.25) is 4.90 Å². The Hall–Kier alpha value is -3.86. The molecule has 1 aromatic heterocycles. The Kier molecular flexibility index (Phi) is 7.70. The normalized spacial score (nSPS) is 16.0. The Balaban J connectivity index is 1.05. The number of sulfonamides is 1. The molecule has 8 nitrogen and oxygen atoms in total. The zero-order chi connectivity index (χ0) is 28.4. The summed E-state index contributed by atoms with van der Waals surface area (Å²) in [5.74, 6) is 1.04. The zero-order valence-corrected chi connectivity index (χ0v) is 23.6. The number of benzene rings is 3. The standard InChI is InChI=1S/C31H32FN5O3S/c1-36(21-22-2-11-30-24(20-22)15-19-40-30)27-13-17-37(18-14-27)41(38,39)28-9-7-26(8-10-28)34-31-33-16-12-29(35-31)23-3-5-25(32)6-4-23/h2-12,16,20,27H,13-15,17-19,21H2,1H3,(H,33,34,35). The van der Waals surface area contributed by atoms with Crippen LogP contribution in [0.15, 0.2) is 83.9 Å². The minimum atomic E-state index is -3.60. The summed E-state index contributed by atoms with van der Waals surface area (Å²) >= 11 is 0. The summed E-state index contributed by atoms with van der Waals surface area (Å²) in [6, 6.07) is 21.2. The summed E-state index contributed by atoms with van der Waals surface area (Å²) in [4.78, 5) is 11.3. The average molecular weight is 574 g/mol. The molecular formula is C31H32FN5O3S. The first kappa shape index (κ1) is 27.3. The molecule has 0 amide bonds. The molecule has 1 fully saturated rings. The molecule has 0 spiro atoms. The van der Waals surface area contributed by atoms with E-state index in [1.54, 1.807) is 53.0 Å². The number of nitrogens with one attached hydrogen (secondary N) is 1. The van der Waals surface area contributed by atoms with Crippen LogP contribution >= 0.6 is 0 Å². The van der Waals surface area contributed by atoms with Gasteiger partial charge in [0.1, 0.15) is 11.6 Å². The van der Waals surface area contributed by atoms with Crippen molar-refractivity contribution in [3.63, 3.8) is 0 Å². The summed E-state index contributed by atoms with van der Waals surface area (Å²) in [6.07, 6.45) is 4.14. The van der Waals surface area contributed by atoms with Crippen molar-refractivity contribution in [3.05, 3.63) is 95.9 Å². The molecule has 0 bridgehead atoms.